The van der Waals surface area contributed by atoms with E-state index in [0.29, 0.717) is 0 Å². The predicted molar refractivity (Wildman–Crippen MR) is 155 cm³/mol. The number of hydrogen-bond donors (Lipinski definition) is 0. The van der Waals surface area contributed by atoms with Crippen LogP contribution in [0.2, 0.25) is 13.1 Å². The first kappa shape index (κ1) is 25.0. The Bertz CT molecular complexity index is 1310. The van der Waals surface area contributed by atoms with Gasteiger partial charge in [-0.3, -0.25) is 0 Å². The fourth-order valence-electron chi connectivity index (χ4n) is 5.49. The molecule has 0 fully saturated rings. The van der Waals surface area contributed by atoms with Crippen LogP contribution in [-0.4, -0.2) is 6.66 Å². The van der Waals surface area contributed by atoms with Crippen molar-refractivity contribution in [3.8, 4) is 11.1 Å². The number of hydrogen-bond acceptors (Lipinski definition) is 0. The Morgan fingerprint density at radius 1 is 0.667 bits per heavy atom. The molecule has 0 aliphatic heterocycles. The summed E-state index contributed by atoms with van der Waals surface area (Å²) in [6.07, 6.45) is 11.7. The average Bonchev–Trinajstić information content (AvgIpc) is 3.58. The first-order valence-electron chi connectivity index (χ1n) is 13.2. The molecule has 36 heavy (non-hydrogen) atoms. The molecule has 2 aliphatic rings. The van der Waals surface area contributed by atoms with Gasteiger partial charge in [-0.15, -0.1) is 0 Å². The van der Waals surface area contributed by atoms with E-state index in [2.05, 4.69) is 134 Å². The van der Waals surface area contributed by atoms with E-state index in [1.807, 2.05) is 0 Å². The molecule has 0 heterocycles. The molecular formula is C34H35SiTi. The summed E-state index contributed by atoms with van der Waals surface area (Å²) >= 11 is -1.28. The van der Waals surface area contributed by atoms with Crippen molar-refractivity contribution in [2.75, 3.05) is 0 Å². The fraction of sp³-hybridized carbons (Fsp3) is 0.176. The summed E-state index contributed by atoms with van der Waals surface area (Å²) < 4.78 is 3.57. The Balaban J connectivity index is 0.000000165. The zero-order chi connectivity index (χ0) is 24.7. The van der Waals surface area contributed by atoms with Gasteiger partial charge >= 0.3 is 140 Å². The molecule has 0 saturated carbocycles. The summed E-state index contributed by atoms with van der Waals surface area (Å²) in [7, 11) is 0. The first-order valence-corrected chi connectivity index (χ1v) is 20.4. The smallest absolute Gasteiger partial charge is 0.0238 e. The number of rotatable bonds is 6. The summed E-state index contributed by atoms with van der Waals surface area (Å²) in [4.78, 5) is 0. The average molecular weight is 520 g/mol. The Labute approximate surface area is 224 Å². The molecule has 0 bridgehead atoms. The molecule has 0 aromatic heterocycles. The van der Waals surface area contributed by atoms with Crippen LogP contribution in [0, 0.1) is 0 Å². The summed E-state index contributed by atoms with van der Waals surface area (Å²) in [6, 6.07) is 37.3. The minimum atomic E-state index is -1.28. The van der Waals surface area contributed by atoms with Crippen molar-refractivity contribution < 1.29 is 17.1 Å². The second-order valence-corrected chi connectivity index (χ2v) is 23.3. The molecule has 2 heteroatoms. The zero-order valence-corrected chi connectivity index (χ0v) is 24.2. The first-order chi connectivity index (χ1) is 17.7. The van der Waals surface area contributed by atoms with Crippen molar-refractivity contribution in [2.45, 2.75) is 38.8 Å². The Morgan fingerprint density at radius 2 is 1.28 bits per heavy atom. The molecule has 6 rings (SSSR count). The van der Waals surface area contributed by atoms with Crippen molar-refractivity contribution in [2.24, 2.45) is 0 Å². The van der Waals surface area contributed by atoms with Gasteiger partial charge in [-0.05, 0) is 24.0 Å². The summed E-state index contributed by atoms with van der Waals surface area (Å²) in [5.41, 5.74) is 8.99. The molecule has 0 atom stereocenters. The van der Waals surface area contributed by atoms with Crippen LogP contribution in [-0.2, 0) is 36.4 Å². The van der Waals surface area contributed by atoms with Crippen molar-refractivity contribution in [1.29, 1.82) is 0 Å². The van der Waals surface area contributed by atoms with Gasteiger partial charge < -0.3 is 0 Å². The summed E-state index contributed by atoms with van der Waals surface area (Å²) in [5, 5.41) is 0. The summed E-state index contributed by atoms with van der Waals surface area (Å²) in [5.74, 6) is 0. The minimum absolute atomic E-state index is 0.639. The van der Waals surface area contributed by atoms with Gasteiger partial charge in [0.15, 0.2) is 0 Å². The number of benzene rings is 4. The van der Waals surface area contributed by atoms with E-state index in [1.165, 1.54) is 34.2 Å². The van der Waals surface area contributed by atoms with Crippen LogP contribution in [0.4, 0.5) is 0 Å². The molecule has 0 unspecified atom stereocenters. The fourth-order valence-corrected chi connectivity index (χ4v) is 18.0. The van der Waals surface area contributed by atoms with Gasteiger partial charge in [0.2, 0.25) is 0 Å². The topological polar surface area (TPSA) is 0 Å². The van der Waals surface area contributed by atoms with E-state index >= 15 is 0 Å². The Hall–Kier alpha value is -2.71. The van der Waals surface area contributed by atoms with E-state index in [9.17, 15) is 0 Å². The van der Waals surface area contributed by atoms with Crippen molar-refractivity contribution in [3.05, 3.63) is 147 Å². The molecule has 179 valence electrons. The third-order valence-corrected chi connectivity index (χ3v) is 19.9. The van der Waals surface area contributed by atoms with Crippen LogP contribution in [0.15, 0.2) is 125 Å². The van der Waals surface area contributed by atoms with Gasteiger partial charge in [0.05, 0.1) is 0 Å². The van der Waals surface area contributed by atoms with E-state index in [0.717, 1.165) is 19.3 Å². The van der Waals surface area contributed by atoms with Gasteiger partial charge in [-0.1, -0.05) is 60.7 Å². The SMILES string of the molecule is C[SiH](C)[Ti]([C]1=CC=CC1)[c]1cccc2c1Cc1ccccc1-2.c1ccc(CCc2ccccc2)cc1. The normalized spacial score (nSPS) is 13.0. The predicted octanol–water partition coefficient (Wildman–Crippen LogP) is 7.80. The minimum Gasteiger partial charge on any atom is -0.0622 e. The maximum absolute atomic E-state index is 2.57. The number of allylic oxidation sites excluding steroid dienone is 4. The maximum Gasteiger partial charge on any atom is -0.0238 e. The van der Waals surface area contributed by atoms with Crippen molar-refractivity contribution in [1.82, 2.24) is 0 Å². The summed E-state index contributed by atoms with van der Waals surface area (Å²) in [6.45, 7) is 4.49. The molecule has 0 nitrogen and oxygen atoms in total. The zero-order valence-electron chi connectivity index (χ0n) is 21.5. The molecular weight excluding hydrogens is 484 g/mol. The molecule has 4 aromatic carbocycles. The molecule has 0 spiro atoms. The maximum atomic E-state index is 2.57. The third kappa shape index (κ3) is 5.81. The van der Waals surface area contributed by atoms with E-state index in [4.69, 9.17) is 0 Å². The van der Waals surface area contributed by atoms with Crippen LogP contribution in [0.1, 0.15) is 28.7 Å². The number of fused-ring (bicyclic) bond motifs is 3. The van der Waals surface area contributed by atoms with Crippen LogP contribution in [0.5, 0.6) is 0 Å². The van der Waals surface area contributed by atoms with Gasteiger partial charge in [0.25, 0.3) is 0 Å². The van der Waals surface area contributed by atoms with Crippen molar-refractivity contribution >= 4 is 10.5 Å². The van der Waals surface area contributed by atoms with Crippen LogP contribution < -0.4 is 3.87 Å². The van der Waals surface area contributed by atoms with E-state index in [1.54, 1.807) is 13.3 Å². The largest absolute Gasteiger partial charge is 0.0622 e. The number of aryl methyl sites for hydroxylation is 2. The van der Waals surface area contributed by atoms with E-state index in [-0.39, 0.29) is 0 Å². The van der Waals surface area contributed by atoms with Gasteiger partial charge in [-0.2, -0.15) is 0 Å². The second-order valence-electron chi connectivity index (χ2n) is 10.0. The van der Waals surface area contributed by atoms with Gasteiger partial charge in [0.1, 0.15) is 0 Å². The molecule has 4 aromatic rings. The van der Waals surface area contributed by atoms with Crippen LogP contribution in [0.25, 0.3) is 11.1 Å². The van der Waals surface area contributed by atoms with Crippen LogP contribution in [0.3, 0.4) is 0 Å². The molecule has 0 N–H and O–H groups in total. The van der Waals surface area contributed by atoms with E-state index < -0.39 is 23.8 Å². The monoisotopic (exact) mass is 519 g/mol. The van der Waals surface area contributed by atoms with Crippen molar-refractivity contribution in [3.63, 3.8) is 0 Å². The molecule has 0 saturated heterocycles. The Morgan fingerprint density at radius 3 is 1.89 bits per heavy atom. The second kappa shape index (κ2) is 12.0. The van der Waals surface area contributed by atoms with Gasteiger partial charge in [0, 0.05) is 0 Å². The third-order valence-electron chi connectivity index (χ3n) is 7.22. The van der Waals surface area contributed by atoms with Gasteiger partial charge in [-0.25, -0.2) is 0 Å². The molecule has 0 amide bonds. The quantitative estimate of drug-likeness (QED) is 0.201. The molecule has 2 aliphatic carbocycles. The molecule has 0 radical (unpaired) electrons. The van der Waals surface area contributed by atoms with Crippen LogP contribution >= 0.6 is 0 Å². The standard InChI is InChI=1S/C14H14.C13H9.C5H5.C2H7Si.Ti/c1-3-7-13(8-4-1)11-12-14-9-5-2-6-10-14;1-3-7-12-10(5-1)9-11-6-2-4-8-13(11)12;1-2-4-5-3-1;1-3-2;/h1-10H,11-12H2;1-5,7-8H,9H2;1-3H,4H2;3H,1-2H3;. The Kier molecular flexibility index (Phi) is 8.33.